The van der Waals surface area contributed by atoms with Crippen molar-refractivity contribution in [1.82, 2.24) is 4.90 Å². The number of ether oxygens (including phenoxy) is 1. The molecule has 1 saturated carbocycles. The molecule has 0 spiro atoms. The molecule has 1 fully saturated rings. The number of carbonyl (C=O) groups is 2. The molecule has 25 heavy (non-hydrogen) atoms. The predicted molar refractivity (Wildman–Crippen MR) is 94.3 cm³/mol. The van der Waals surface area contributed by atoms with E-state index in [-0.39, 0.29) is 29.1 Å². The Balaban J connectivity index is 2.07. The van der Waals surface area contributed by atoms with E-state index >= 15 is 0 Å². The Morgan fingerprint density at radius 3 is 2.32 bits per heavy atom. The highest BCUT2D eigenvalue weighted by molar-refractivity contribution is 6.09. The van der Waals surface area contributed by atoms with Crippen molar-refractivity contribution in [2.75, 3.05) is 7.11 Å². The molecule has 1 aromatic carbocycles. The van der Waals surface area contributed by atoms with E-state index in [1.807, 2.05) is 24.3 Å². The minimum absolute atomic E-state index is 0.0687. The van der Waals surface area contributed by atoms with Crippen molar-refractivity contribution >= 4 is 11.7 Å². The van der Waals surface area contributed by atoms with Gasteiger partial charge in [0, 0.05) is 12.0 Å². The van der Waals surface area contributed by atoms with Gasteiger partial charge >= 0.3 is 0 Å². The molecule has 5 nitrogen and oxygen atoms in total. The van der Waals surface area contributed by atoms with Gasteiger partial charge in [0.2, 0.25) is 0 Å². The van der Waals surface area contributed by atoms with Crippen LogP contribution in [0.5, 0.6) is 5.75 Å². The fourth-order valence-electron chi connectivity index (χ4n) is 3.86. The van der Waals surface area contributed by atoms with Crippen LogP contribution in [0.1, 0.15) is 51.1 Å². The maximum atomic E-state index is 12.8. The first-order valence-corrected chi connectivity index (χ1v) is 8.89. The smallest absolute Gasteiger partial charge is 0.290 e. The number of carbonyl (C=O) groups excluding carboxylic acids is 2. The molecule has 0 saturated heterocycles. The molecular weight excluding hydrogens is 318 g/mol. The van der Waals surface area contributed by atoms with Crippen LogP contribution in [-0.4, -0.2) is 34.8 Å². The van der Waals surface area contributed by atoms with E-state index in [2.05, 4.69) is 0 Å². The third-order valence-electron chi connectivity index (χ3n) is 5.18. The van der Waals surface area contributed by atoms with Gasteiger partial charge in [-0.3, -0.25) is 9.59 Å². The summed E-state index contributed by atoms with van der Waals surface area (Å²) >= 11 is 0. The number of nitrogens with zero attached hydrogens (tertiary/aromatic N) is 1. The molecular formula is C20H25NO4. The second-order valence-corrected chi connectivity index (χ2v) is 7.11. The van der Waals surface area contributed by atoms with Gasteiger partial charge in [-0.15, -0.1) is 0 Å². The van der Waals surface area contributed by atoms with Crippen molar-refractivity contribution in [3.63, 3.8) is 0 Å². The lowest BCUT2D eigenvalue weighted by molar-refractivity contribution is -0.131. The van der Waals surface area contributed by atoms with E-state index in [1.165, 1.54) is 0 Å². The van der Waals surface area contributed by atoms with Gasteiger partial charge in [-0.1, -0.05) is 38.8 Å². The Kier molecular flexibility index (Phi) is 4.84. The number of methoxy groups -OCH3 is 1. The molecule has 1 N–H and O–H groups in total. The average Bonchev–Trinajstić information content (AvgIpc) is 3.22. The normalized spacial score (nSPS) is 21.5. The summed E-state index contributed by atoms with van der Waals surface area (Å²) in [7, 11) is 1.60. The topological polar surface area (TPSA) is 66.8 Å². The van der Waals surface area contributed by atoms with Crippen molar-refractivity contribution in [1.29, 1.82) is 0 Å². The molecule has 3 rings (SSSR count). The zero-order chi connectivity index (χ0) is 18.1. The zero-order valence-electron chi connectivity index (χ0n) is 15.0. The molecule has 1 aliphatic carbocycles. The van der Waals surface area contributed by atoms with E-state index in [0.717, 1.165) is 31.2 Å². The van der Waals surface area contributed by atoms with Crippen molar-refractivity contribution in [2.24, 2.45) is 5.92 Å². The number of amides is 1. The lowest BCUT2D eigenvalue weighted by Gasteiger charge is -2.32. The van der Waals surface area contributed by atoms with Crippen LogP contribution in [0.4, 0.5) is 0 Å². The van der Waals surface area contributed by atoms with E-state index in [4.69, 9.17) is 4.74 Å². The Labute approximate surface area is 148 Å². The first-order valence-electron chi connectivity index (χ1n) is 8.89. The van der Waals surface area contributed by atoms with Crippen molar-refractivity contribution < 1.29 is 19.4 Å². The second-order valence-electron chi connectivity index (χ2n) is 7.11. The lowest BCUT2D eigenvalue weighted by atomic mass is 9.90. The molecule has 0 radical (unpaired) electrons. The fourth-order valence-corrected chi connectivity index (χ4v) is 3.86. The highest BCUT2D eigenvalue weighted by Gasteiger charge is 2.47. The third kappa shape index (κ3) is 3.03. The van der Waals surface area contributed by atoms with Crippen LogP contribution in [-0.2, 0) is 9.59 Å². The van der Waals surface area contributed by atoms with Gasteiger partial charge in [-0.05, 0) is 30.5 Å². The maximum absolute atomic E-state index is 12.8. The van der Waals surface area contributed by atoms with Crippen LogP contribution in [0, 0.1) is 5.92 Å². The molecule has 1 aromatic rings. The molecule has 1 unspecified atom stereocenters. The van der Waals surface area contributed by atoms with Gasteiger partial charge in [-0.25, -0.2) is 0 Å². The minimum Gasteiger partial charge on any atom is -0.503 e. The largest absolute Gasteiger partial charge is 0.503 e. The predicted octanol–water partition coefficient (Wildman–Crippen LogP) is 3.56. The van der Waals surface area contributed by atoms with Crippen LogP contribution < -0.4 is 4.74 Å². The van der Waals surface area contributed by atoms with Gasteiger partial charge in [0.1, 0.15) is 5.75 Å². The van der Waals surface area contributed by atoms with Crippen LogP contribution in [0.15, 0.2) is 35.6 Å². The van der Waals surface area contributed by atoms with Gasteiger partial charge in [0.15, 0.2) is 11.5 Å². The molecule has 0 bridgehead atoms. The standard InChI is InChI=1S/C20H25NO4/c1-12(2)18(22)16-17(13-8-10-15(25-3)11-9-13)21(20(24)19(16)23)14-6-4-5-7-14/h8-12,14,17,23H,4-7H2,1-3H3. The van der Waals surface area contributed by atoms with E-state index in [0.29, 0.717) is 5.75 Å². The van der Waals surface area contributed by atoms with Crippen molar-refractivity contribution in [3.8, 4) is 5.75 Å². The minimum atomic E-state index is -0.517. The van der Waals surface area contributed by atoms with Crippen LogP contribution >= 0.6 is 0 Å². The highest BCUT2D eigenvalue weighted by Crippen LogP contribution is 2.43. The van der Waals surface area contributed by atoms with Gasteiger partial charge in [-0.2, -0.15) is 0 Å². The van der Waals surface area contributed by atoms with Crippen LogP contribution in [0.25, 0.3) is 0 Å². The number of aliphatic hydroxyl groups excluding tert-OH is 1. The van der Waals surface area contributed by atoms with Gasteiger partial charge < -0.3 is 14.7 Å². The number of rotatable bonds is 5. The summed E-state index contributed by atoms with van der Waals surface area (Å²) in [5, 5.41) is 10.5. The molecule has 1 amide bonds. The van der Waals surface area contributed by atoms with Crippen molar-refractivity contribution in [2.45, 2.75) is 51.6 Å². The van der Waals surface area contributed by atoms with Crippen LogP contribution in [0.3, 0.4) is 0 Å². The number of benzene rings is 1. The first kappa shape index (κ1) is 17.5. The number of ketones is 1. The quantitative estimate of drug-likeness (QED) is 0.888. The Morgan fingerprint density at radius 1 is 1.20 bits per heavy atom. The van der Waals surface area contributed by atoms with E-state index in [1.54, 1.807) is 25.9 Å². The summed E-state index contributed by atoms with van der Waals surface area (Å²) in [6.45, 7) is 3.58. The van der Waals surface area contributed by atoms with Crippen LogP contribution in [0.2, 0.25) is 0 Å². The Hall–Kier alpha value is -2.30. The SMILES string of the molecule is COc1ccc(C2C(C(=O)C(C)C)=C(O)C(=O)N2C2CCCC2)cc1. The Bertz CT molecular complexity index is 699. The lowest BCUT2D eigenvalue weighted by Crippen LogP contribution is -2.38. The zero-order valence-corrected chi connectivity index (χ0v) is 15.0. The van der Waals surface area contributed by atoms with E-state index < -0.39 is 11.9 Å². The number of Topliss-reactive ketones (excluding diaryl/α,β-unsaturated/α-hetero) is 1. The third-order valence-corrected chi connectivity index (χ3v) is 5.18. The summed E-state index contributed by atoms with van der Waals surface area (Å²) in [5.41, 5.74) is 1.06. The van der Waals surface area contributed by atoms with Gasteiger partial charge in [0.05, 0.1) is 18.7 Å². The molecule has 1 heterocycles. The molecule has 5 heteroatoms. The second kappa shape index (κ2) is 6.90. The number of hydrogen-bond donors (Lipinski definition) is 1. The molecule has 0 aromatic heterocycles. The summed E-state index contributed by atoms with van der Waals surface area (Å²) in [6, 6.07) is 6.92. The molecule has 2 aliphatic rings. The van der Waals surface area contributed by atoms with Gasteiger partial charge in [0.25, 0.3) is 5.91 Å². The van der Waals surface area contributed by atoms with Crippen molar-refractivity contribution in [3.05, 3.63) is 41.2 Å². The summed E-state index contributed by atoms with van der Waals surface area (Å²) in [6.07, 6.45) is 3.96. The summed E-state index contributed by atoms with van der Waals surface area (Å²) in [5.74, 6) is -0.546. The molecule has 134 valence electrons. The fraction of sp³-hybridized carbons (Fsp3) is 0.500. The Morgan fingerprint density at radius 2 is 1.80 bits per heavy atom. The average molecular weight is 343 g/mol. The summed E-state index contributed by atoms with van der Waals surface area (Å²) in [4.78, 5) is 27.2. The van der Waals surface area contributed by atoms with E-state index in [9.17, 15) is 14.7 Å². The monoisotopic (exact) mass is 343 g/mol. The summed E-state index contributed by atoms with van der Waals surface area (Å²) < 4.78 is 5.20. The number of hydrogen-bond acceptors (Lipinski definition) is 4. The molecule has 1 atom stereocenters. The molecule has 1 aliphatic heterocycles. The number of aliphatic hydroxyl groups is 1. The maximum Gasteiger partial charge on any atom is 0.290 e. The first-order chi connectivity index (χ1) is 12.0. The highest BCUT2D eigenvalue weighted by atomic mass is 16.5.